The Kier molecular flexibility index (Phi) is 27.7. The molecule has 2 aromatic heterocycles. The fourth-order valence-corrected chi connectivity index (χ4v) is 11.4. The Balaban J connectivity index is 2.05. The number of nitrogens with zero attached hydrogens (tertiary/aromatic N) is 2. The van der Waals surface area contributed by atoms with Crippen LogP contribution in [0.3, 0.4) is 0 Å². The second-order valence-corrected chi connectivity index (χ2v) is 25.4. The number of nitrogens with one attached hydrogen (secondary N) is 2. The van der Waals surface area contributed by atoms with Crippen LogP contribution < -0.4 is 15.4 Å². The van der Waals surface area contributed by atoms with Gasteiger partial charge in [-0.3, -0.25) is 19.2 Å². The Bertz CT molecular complexity index is 2440. The van der Waals surface area contributed by atoms with E-state index in [0.717, 1.165) is 23.3 Å². The number of thiol groups is 4. The number of ketones is 2. The molecule has 434 valence electrons. The van der Waals surface area contributed by atoms with Gasteiger partial charge in [-0.15, -0.1) is 0 Å². The van der Waals surface area contributed by atoms with Gasteiger partial charge in [0.2, 0.25) is 11.8 Å². The number of benzene rings is 2. The number of ether oxygens (including phenoxy) is 2. The highest BCUT2D eigenvalue weighted by Gasteiger charge is 2.48. The quantitative estimate of drug-likeness (QED) is 0.0242. The lowest BCUT2D eigenvalue weighted by molar-refractivity contribution is -0.145. The summed E-state index contributed by atoms with van der Waals surface area (Å²) in [5.41, 5.74) is 1.27. The zero-order valence-corrected chi connectivity index (χ0v) is 51.9. The molecule has 14 atom stereocenters. The molecule has 0 saturated heterocycles. The molecule has 10 unspecified atom stereocenters. The van der Waals surface area contributed by atoms with E-state index >= 15 is 9.59 Å². The van der Waals surface area contributed by atoms with Gasteiger partial charge in [-0.1, -0.05) is 97.9 Å². The molecule has 0 aliphatic heterocycles. The molecule has 4 rings (SSSR count). The summed E-state index contributed by atoms with van der Waals surface area (Å²) in [6.07, 6.45) is 4.47. The van der Waals surface area contributed by atoms with Crippen molar-refractivity contribution >= 4 is 73.9 Å². The molecule has 0 aliphatic rings. The van der Waals surface area contributed by atoms with Gasteiger partial charge in [0.15, 0.2) is 11.6 Å². The zero-order chi connectivity index (χ0) is 59.4. The van der Waals surface area contributed by atoms with Crippen LogP contribution in [0, 0.1) is 29.6 Å². The molecule has 0 radical (unpaired) electrons. The highest BCUT2D eigenvalue weighted by atomic mass is 32.1. The maximum Gasteiger partial charge on any atom is 0.240 e. The van der Waals surface area contributed by atoms with E-state index in [1.807, 2.05) is 71.0 Å². The average molecular weight is 1150 g/mol. The van der Waals surface area contributed by atoms with Crippen LogP contribution in [0.2, 0.25) is 0 Å². The van der Waals surface area contributed by atoms with E-state index in [1.54, 1.807) is 74.8 Å². The van der Waals surface area contributed by atoms with Crippen molar-refractivity contribution in [3.05, 3.63) is 114 Å². The van der Waals surface area contributed by atoms with Crippen LogP contribution in [0.5, 0.6) is 5.75 Å². The smallest absolute Gasteiger partial charge is 0.240 e. The molecule has 2 N–H and O–H groups in total. The van der Waals surface area contributed by atoms with Gasteiger partial charge in [-0.2, -0.15) is 50.5 Å². The Morgan fingerprint density at radius 3 is 1.67 bits per heavy atom. The molecule has 78 heavy (non-hydrogen) atoms. The van der Waals surface area contributed by atoms with E-state index in [2.05, 4.69) is 56.7 Å². The van der Waals surface area contributed by atoms with Crippen LogP contribution in [-0.2, 0) is 43.5 Å². The molecule has 0 aliphatic carbocycles. The van der Waals surface area contributed by atoms with E-state index < -0.39 is 76.6 Å². The molecule has 4 aromatic rings. The molecule has 16 heteroatoms. The number of hydrogen-bond acceptors (Lipinski definition) is 14. The third-order valence-electron chi connectivity index (χ3n) is 14.5. The summed E-state index contributed by atoms with van der Waals surface area (Å²) in [5, 5.41) is 4.36. The molecular weight excluding hydrogens is 1060 g/mol. The third kappa shape index (κ3) is 21.0. The maximum atomic E-state index is 16.6. The van der Waals surface area contributed by atoms with Crippen molar-refractivity contribution in [3.8, 4) is 5.75 Å². The van der Waals surface area contributed by atoms with Crippen molar-refractivity contribution in [2.24, 2.45) is 29.6 Å². The van der Waals surface area contributed by atoms with Crippen LogP contribution in [0.25, 0.3) is 0 Å². The van der Waals surface area contributed by atoms with E-state index in [0.29, 0.717) is 54.9 Å². The first-order valence-electron chi connectivity index (χ1n) is 29.0. The van der Waals surface area contributed by atoms with Gasteiger partial charge in [0.1, 0.15) is 30.5 Å². The Morgan fingerprint density at radius 2 is 1.17 bits per heavy atom. The van der Waals surface area contributed by atoms with Crippen molar-refractivity contribution in [3.63, 3.8) is 0 Å². The predicted octanol–water partition coefficient (Wildman–Crippen LogP) is 11.9. The standard InChI is InChI=1S/C62H94N4O8S4/c1-39(2)32-50(63-9)61(69)65(11)52(34-41(5)22-24-43(7)75)57(67)55(46-18-14-13-15-19-46)60(78)59(74-38-49-21-17-31-72-49)56(54(77)36-45-26-28-47(29-27-45)73-37-48-20-16-30-71-48)58(68)53(35-42(6)23-25-44(8)76)66(12)62(70)51(64-10)33-40(3)4/h13-21,26-31,39-44,50-56,59-60,63-64,75-78H,22-25,32-38H2,1-12H3/t41?,42?,43?,44?,50-,51-,52-,53-,54?,55?,56?,59?,60?/m0/s1/i34D,52D/t34?,41?,42?,43?,44?,50-,51-,52-,53-,54?,55?,56?,59?,60?. The SMILES string of the molecule is [2H]C(C(C)CCC(C)S)[C@@]([2H])(C(=O)C(c1ccccc1)C(S)C(OCc1ccco1)C(C(=O)[C@H](CC(C)CCC(C)S)N(C)C(=O)[C@H](CC(C)C)NC)C(S)Cc1ccc(OCc2ccco2)cc1)N(C)C(=O)[C@H](CC(C)C)NC. The minimum absolute atomic E-state index is 0.0141. The van der Waals surface area contributed by atoms with Crippen molar-refractivity contribution < 1.29 is 40.2 Å². The van der Waals surface area contributed by atoms with Crippen molar-refractivity contribution in [2.75, 3.05) is 28.2 Å². The minimum atomic E-state index is -2.50. The van der Waals surface area contributed by atoms with Gasteiger partial charge in [-0.05, 0) is 154 Å². The molecule has 0 bridgehead atoms. The monoisotopic (exact) mass is 1150 g/mol. The summed E-state index contributed by atoms with van der Waals surface area (Å²) in [4.78, 5) is 65.5. The Morgan fingerprint density at radius 1 is 0.641 bits per heavy atom. The lowest BCUT2D eigenvalue weighted by Gasteiger charge is -2.42. The number of likely N-dealkylation sites (N-methyl/N-ethyl adjacent to an activating group) is 4. The molecule has 0 spiro atoms. The third-order valence-corrected chi connectivity index (χ3v) is 16.1. The Hall–Kier alpha value is -3.64. The summed E-state index contributed by atoms with van der Waals surface area (Å²) in [6, 6.07) is 18.7. The Labute approximate surface area is 492 Å². The molecule has 2 amide bonds. The number of amides is 2. The number of rotatable bonds is 37. The van der Waals surface area contributed by atoms with Gasteiger partial charge < -0.3 is 38.7 Å². The number of carbonyl (C=O) groups is 4. The molecule has 0 saturated carbocycles. The summed E-state index contributed by atoms with van der Waals surface area (Å²) in [5.74, 6) is -3.00. The lowest BCUT2D eigenvalue weighted by Crippen LogP contribution is -2.57. The van der Waals surface area contributed by atoms with Crippen LogP contribution >= 0.6 is 50.5 Å². The van der Waals surface area contributed by atoms with Gasteiger partial charge in [-0.25, -0.2) is 0 Å². The second kappa shape index (κ2) is 34.0. The lowest BCUT2D eigenvalue weighted by atomic mass is 9.76. The maximum absolute atomic E-state index is 16.6. The van der Waals surface area contributed by atoms with Crippen molar-refractivity contribution in [2.45, 2.75) is 184 Å². The van der Waals surface area contributed by atoms with Crippen LogP contribution in [0.15, 0.2) is 100 Å². The van der Waals surface area contributed by atoms with Crippen LogP contribution in [0.4, 0.5) is 0 Å². The highest BCUT2D eigenvalue weighted by molar-refractivity contribution is 7.81. The zero-order valence-electron chi connectivity index (χ0n) is 50.3. The first-order chi connectivity index (χ1) is 37.8. The van der Waals surface area contributed by atoms with Gasteiger partial charge in [0, 0.05) is 26.0 Å². The van der Waals surface area contributed by atoms with Crippen molar-refractivity contribution in [1.82, 2.24) is 20.4 Å². The minimum Gasteiger partial charge on any atom is -0.486 e. The molecular formula is C62H94N4O8S4. The topological polar surface area (TPSA) is 144 Å². The fourth-order valence-electron chi connectivity index (χ4n) is 10.0. The molecule has 2 heterocycles. The molecule has 0 fully saturated rings. The van der Waals surface area contributed by atoms with E-state index in [-0.39, 0.29) is 59.6 Å². The first kappa shape index (κ1) is 63.5. The highest BCUT2D eigenvalue weighted by Crippen LogP contribution is 2.39. The fraction of sp³-hybridized carbons (Fsp3) is 0.613. The summed E-state index contributed by atoms with van der Waals surface area (Å²) in [6.45, 7) is 16.1. The second-order valence-electron chi connectivity index (χ2n) is 22.3. The number of Topliss-reactive ketones (excluding diaryl/α,β-unsaturated/α-hetero) is 2. The average Bonchev–Trinajstić information content (AvgIpc) is 4.20. The normalized spacial score (nSPS) is 18.1. The van der Waals surface area contributed by atoms with E-state index in [4.69, 9.17) is 43.6 Å². The number of carbonyl (C=O) groups excluding carboxylic acids is 4. The van der Waals surface area contributed by atoms with Crippen LogP contribution in [0.1, 0.15) is 138 Å². The summed E-state index contributed by atoms with van der Waals surface area (Å²) in [7, 11) is 6.56. The van der Waals surface area contributed by atoms with Gasteiger partial charge >= 0.3 is 0 Å². The van der Waals surface area contributed by atoms with Gasteiger partial charge in [0.25, 0.3) is 0 Å². The van der Waals surface area contributed by atoms with E-state index in [9.17, 15) is 12.3 Å². The summed E-state index contributed by atoms with van der Waals surface area (Å²) >= 11 is 20.2. The number of furan rings is 2. The largest absolute Gasteiger partial charge is 0.486 e. The number of hydrogen-bond donors (Lipinski definition) is 6. The predicted molar refractivity (Wildman–Crippen MR) is 329 cm³/mol. The van der Waals surface area contributed by atoms with Gasteiger partial charge in [0.05, 0.1) is 56.0 Å². The van der Waals surface area contributed by atoms with Crippen molar-refractivity contribution in [1.29, 1.82) is 0 Å². The molecule has 12 nitrogen and oxygen atoms in total. The van der Waals surface area contributed by atoms with E-state index in [1.165, 1.54) is 13.3 Å². The van der Waals surface area contributed by atoms with Crippen LogP contribution in [-0.4, -0.2) is 113 Å². The summed E-state index contributed by atoms with van der Waals surface area (Å²) < 4.78 is 45.0. The molecule has 2 aromatic carbocycles. The first-order valence-corrected chi connectivity index (χ1v) is 30.0.